The fraction of sp³-hybridized carbons (Fsp3) is 0.917. The monoisotopic (exact) mass is 204 g/mol. The third kappa shape index (κ3) is 190. The van der Waals surface area contributed by atoms with Crippen molar-refractivity contribution in [3.63, 3.8) is 0 Å². The molecule has 2 heteroatoms. The van der Waals surface area contributed by atoms with Crippen LogP contribution in [0.2, 0.25) is 0 Å². The van der Waals surface area contributed by atoms with Gasteiger partial charge in [-0.1, -0.05) is 39.5 Å². The Labute approximate surface area is 89.7 Å². The molecule has 0 aliphatic heterocycles. The van der Waals surface area contributed by atoms with E-state index in [1.54, 1.807) is 13.8 Å². The minimum Gasteiger partial charge on any atom is -0.394 e. The van der Waals surface area contributed by atoms with Crippen LogP contribution in [0.1, 0.15) is 67.2 Å². The van der Waals surface area contributed by atoms with Crippen molar-refractivity contribution in [1.29, 1.82) is 0 Å². The Balaban J connectivity index is -0.000000135. The molecular weight excluding hydrogens is 176 g/mol. The standard InChI is InChI=1S/C6H14.C3H8O.C3H6O/c1-3-5-6-4-2;2*1-3(2)4/h3-6H2,1-2H3;3-4H,1-2H3;1-2H3. The Morgan fingerprint density at radius 2 is 1.21 bits per heavy atom. The van der Waals surface area contributed by atoms with Crippen LogP contribution in [-0.4, -0.2) is 17.0 Å². The van der Waals surface area contributed by atoms with Gasteiger partial charge in [0.2, 0.25) is 0 Å². The molecule has 0 aliphatic carbocycles. The Morgan fingerprint density at radius 3 is 1.29 bits per heavy atom. The first kappa shape index (κ1) is 19.2. The van der Waals surface area contributed by atoms with E-state index in [9.17, 15) is 4.79 Å². The van der Waals surface area contributed by atoms with E-state index in [1.807, 2.05) is 0 Å². The highest BCUT2D eigenvalue weighted by Gasteiger charge is 1.75. The molecule has 0 bridgehead atoms. The number of carbonyl (C=O) groups excluding carboxylic acids is 1. The van der Waals surface area contributed by atoms with E-state index >= 15 is 0 Å². The summed E-state index contributed by atoms with van der Waals surface area (Å²) in [6.45, 7) is 11.0. The lowest BCUT2D eigenvalue weighted by molar-refractivity contribution is -0.114. The molecule has 0 aromatic carbocycles. The summed E-state index contributed by atoms with van der Waals surface area (Å²) < 4.78 is 0. The Kier molecular flexibility index (Phi) is 25.3. The third-order valence-electron chi connectivity index (χ3n) is 0.957. The van der Waals surface area contributed by atoms with Crippen LogP contribution < -0.4 is 0 Å². The second-order valence-corrected chi connectivity index (χ2v) is 3.71. The van der Waals surface area contributed by atoms with Crippen molar-refractivity contribution in [3.05, 3.63) is 0 Å². The van der Waals surface area contributed by atoms with E-state index in [0.29, 0.717) is 0 Å². The van der Waals surface area contributed by atoms with Gasteiger partial charge in [-0.15, -0.1) is 0 Å². The van der Waals surface area contributed by atoms with Gasteiger partial charge >= 0.3 is 0 Å². The molecule has 0 saturated carbocycles. The largest absolute Gasteiger partial charge is 0.394 e. The fourth-order valence-corrected chi connectivity index (χ4v) is 0.500. The first-order chi connectivity index (χ1) is 6.38. The first-order valence-electron chi connectivity index (χ1n) is 5.53. The molecule has 0 aliphatic rings. The molecule has 0 spiro atoms. The zero-order valence-corrected chi connectivity index (χ0v) is 10.8. The number of hydrogen-bond donors (Lipinski definition) is 1. The second-order valence-electron chi connectivity index (χ2n) is 3.71. The maximum atomic E-state index is 9.44. The SMILES string of the molecule is CC(C)=O.CC(C)O.CCCCCC. The third-order valence-corrected chi connectivity index (χ3v) is 0.957. The number of Topliss-reactive ketones (excluding diaryl/α,β-unsaturated/α-hetero) is 1. The van der Waals surface area contributed by atoms with Gasteiger partial charge in [0.15, 0.2) is 0 Å². The number of aliphatic hydroxyl groups is 1. The lowest BCUT2D eigenvalue weighted by Crippen LogP contribution is -1.85. The maximum Gasteiger partial charge on any atom is 0.126 e. The Bertz CT molecular complexity index is 87.7. The molecular formula is C12H28O2. The van der Waals surface area contributed by atoms with Crippen molar-refractivity contribution < 1.29 is 9.90 Å². The van der Waals surface area contributed by atoms with Crippen molar-refractivity contribution in [3.8, 4) is 0 Å². The van der Waals surface area contributed by atoms with Crippen molar-refractivity contribution in [2.75, 3.05) is 0 Å². The summed E-state index contributed by atoms with van der Waals surface area (Å²) in [7, 11) is 0. The van der Waals surface area contributed by atoms with Crippen molar-refractivity contribution in [2.45, 2.75) is 73.3 Å². The van der Waals surface area contributed by atoms with E-state index in [1.165, 1.54) is 39.5 Å². The normalized spacial score (nSPS) is 8.29. The highest BCUT2D eigenvalue weighted by atomic mass is 16.3. The molecule has 0 radical (unpaired) electrons. The molecule has 0 atom stereocenters. The second kappa shape index (κ2) is 18.4. The zero-order valence-electron chi connectivity index (χ0n) is 10.8. The van der Waals surface area contributed by atoms with Gasteiger partial charge in [-0.2, -0.15) is 0 Å². The van der Waals surface area contributed by atoms with Crippen molar-refractivity contribution in [2.24, 2.45) is 0 Å². The van der Waals surface area contributed by atoms with E-state index < -0.39 is 0 Å². The topological polar surface area (TPSA) is 37.3 Å². The summed E-state index contributed by atoms with van der Waals surface area (Å²) in [5, 5.41) is 8.06. The molecule has 0 saturated heterocycles. The van der Waals surface area contributed by atoms with Crippen LogP contribution in [0.25, 0.3) is 0 Å². The zero-order chi connectivity index (χ0) is 12.0. The number of aliphatic hydroxyl groups excluding tert-OH is 1. The van der Waals surface area contributed by atoms with Crippen LogP contribution in [0, 0.1) is 0 Å². The molecule has 0 rings (SSSR count). The quantitative estimate of drug-likeness (QED) is 0.714. The van der Waals surface area contributed by atoms with E-state index in [0.717, 1.165) is 0 Å². The summed E-state index contributed by atoms with van der Waals surface area (Å²) in [6, 6.07) is 0. The molecule has 1 N–H and O–H groups in total. The van der Waals surface area contributed by atoms with Gasteiger partial charge < -0.3 is 9.90 Å². The van der Waals surface area contributed by atoms with Gasteiger partial charge in [-0.25, -0.2) is 0 Å². The number of carbonyl (C=O) groups is 1. The molecule has 2 nitrogen and oxygen atoms in total. The summed E-state index contributed by atoms with van der Waals surface area (Å²) in [5.74, 6) is 0.167. The number of unbranched alkanes of at least 4 members (excludes halogenated alkanes) is 3. The fourth-order valence-electron chi connectivity index (χ4n) is 0.500. The molecule has 88 valence electrons. The molecule has 0 aromatic rings. The molecule has 0 unspecified atom stereocenters. The smallest absolute Gasteiger partial charge is 0.126 e. The maximum absolute atomic E-state index is 9.44. The minimum absolute atomic E-state index is 0.167. The highest BCUT2D eigenvalue weighted by Crippen LogP contribution is 1.95. The number of ketones is 1. The summed E-state index contributed by atoms with van der Waals surface area (Å²) in [4.78, 5) is 9.44. The van der Waals surface area contributed by atoms with E-state index in [2.05, 4.69) is 13.8 Å². The lowest BCUT2D eigenvalue weighted by atomic mass is 10.2. The predicted molar refractivity (Wildman–Crippen MR) is 63.5 cm³/mol. The van der Waals surface area contributed by atoms with Crippen LogP contribution in [0.5, 0.6) is 0 Å². The molecule has 0 amide bonds. The van der Waals surface area contributed by atoms with Gasteiger partial charge in [0.1, 0.15) is 5.78 Å². The Hall–Kier alpha value is -0.370. The summed E-state index contributed by atoms with van der Waals surface area (Å²) in [6.07, 6.45) is 5.37. The van der Waals surface area contributed by atoms with Gasteiger partial charge in [-0.05, 0) is 27.7 Å². The summed E-state index contributed by atoms with van der Waals surface area (Å²) >= 11 is 0. The van der Waals surface area contributed by atoms with Gasteiger partial charge in [0, 0.05) is 6.10 Å². The highest BCUT2D eigenvalue weighted by molar-refractivity contribution is 5.72. The summed E-state index contributed by atoms with van der Waals surface area (Å²) in [5.41, 5.74) is 0. The average Bonchev–Trinajstić information content (AvgIpc) is 1.98. The van der Waals surface area contributed by atoms with E-state index in [4.69, 9.17) is 5.11 Å². The average molecular weight is 204 g/mol. The predicted octanol–water partition coefficient (Wildman–Crippen LogP) is 3.57. The molecule has 0 fully saturated rings. The van der Waals surface area contributed by atoms with Crippen LogP contribution in [0.15, 0.2) is 0 Å². The van der Waals surface area contributed by atoms with Gasteiger partial charge in [-0.3, -0.25) is 0 Å². The molecule has 0 heterocycles. The molecule has 14 heavy (non-hydrogen) atoms. The van der Waals surface area contributed by atoms with Crippen LogP contribution >= 0.6 is 0 Å². The Morgan fingerprint density at radius 1 is 1.07 bits per heavy atom. The van der Waals surface area contributed by atoms with Crippen LogP contribution in [0.4, 0.5) is 0 Å². The molecule has 0 aromatic heterocycles. The van der Waals surface area contributed by atoms with Gasteiger partial charge in [0.05, 0.1) is 0 Å². The minimum atomic E-state index is -0.167. The van der Waals surface area contributed by atoms with Gasteiger partial charge in [0.25, 0.3) is 0 Å². The first-order valence-corrected chi connectivity index (χ1v) is 5.53. The van der Waals surface area contributed by atoms with Crippen molar-refractivity contribution >= 4 is 5.78 Å². The number of rotatable bonds is 3. The van der Waals surface area contributed by atoms with Crippen molar-refractivity contribution in [1.82, 2.24) is 0 Å². The lowest BCUT2D eigenvalue weighted by Gasteiger charge is -1.86. The van der Waals surface area contributed by atoms with Crippen LogP contribution in [0.3, 0.4) is 0 Å². The van der Waals surface area contributed by atoms with E-state index in [-0.39, 0.29) is 11.9 Å². The van der Waals surface area contributed by atoms with Crippen LogP contribution in [-0.2, 0) is 4.79 Å². The number of hydrogen-bond acceptors (Lipinski definition) is 2.